The Morgan fingerprint density at radius 3 is 3.04 bits per heavy atom. The first-order valence-electron chi connectivity index (χ1n) is 7.37. The summed E-state index contributed by atoms with van der Waals surface area (Å²) in [6.07, 6.45) is 2.81. The van der Waals surface area contributed by atoms with Crippen LogP contribution in [0.4, 0.5) is 4.39 Å². The summed E-state index contributed by atoms with van der Waals surface area (Å²) in [5.74, 6) is -0.259. The first kappa shape index (κ1) is 16.3. The van der Waals surface area contributed by atoms with Gasteiger partial charge in [-0.2, -0.15) is 5.26 Å². The van der Waals surface area contributed by atoms with E-state index >= 15 is 0 Å². The Morgan fingerprint density at radius 2 is 2.38 bits per heavy atom. The van der Waals surface area contributed by atoms with Gasteiger partial charge in [0.25, 0.3) is 5.91 Å². The molecule has 1 amide bonds. The summed E-state index contributed by atoms with van der Waals surface area (Å²) >= 11 is 1.54. The molecule has 0 spiro atoms. The Labute approximate surface area is 142 Å². The van der Waals surface area contributed by atoms with Crippen LogP contribution in [0.1, 0.15) is 24.7 Å². The predicted molar refractivity (Wildman–Crippen MR) is 88.2 cm³/mol. The molecule has 0 bridgehead atoms. The summed E-state index contributed by atoms with van der Waals surface area (Å²) < 4.78 is 19.1. The van der Waals surface area contributed by atoms with Crippen LogP contribution in [0.5, 0.6) is 0 Å². The molecule has 1 aliphatic rings. The maximum Gasteiger partial charge on any atom is 0.257 e. The first-order chi connectivity index (χ1) is 11.6. The molecule has 1 unspecified atom stereocenters. The number of carbonyl (C=O) groups is 1. The highest BCUT2D eigenvalue weighted by atomic mass is 32.2. The Bertz CT molecular complexity index is 854. The molecule has 1 aromatic carbocycles. The number of nitrogens with one attached hydrogen (secondary N) is 1. The number of hydrogen-bond acceptors (Lipinski definition) is 5. The molecule has 2 heterocycles. The smallest absolute Gasteiger partial charge is 0.257 e. The average Bonchev–Trinajstić information content (AvgIpc) is 3.21. The van der Waals surface area contributed by atoms with Crippen molar-refractivity contribution >= 4 is 17.7 Å². The zero-order valence-electron chi connectivity index (χ0n) is 12.9. The van der Waals surface area contributed by atoms with E-state index in [2.05, 4.69) is 17.4 Å². The monoisotopic (exact) mass is 343 g/mol. The molecule has 122 valence electrons. The molecule has 1 aliphatic heterocycles. The van der Waals surface area contributed by atoms with Crippen molar-refractivity contribution < 1.29 is 13.7 Å². The Hall–Kier alpha value is -2.59. The van der Waals surface area contributed by atoms with Crippen LogP contribution in [0.2, 0.25) is 0 Å². The van der Waals surface area contributed by atoms with Gasteiger partial charge in [0.1, 0.15) is 11.5 Å². The third-order valence-corrected chi connectivity index (χ3v) is 4.74. The zero-order chi connectivity index (χ0) is 17.1. The lowest BCUT2D eigenvalue weighted by atomic mass is 10.1. The van der Waals surface area contributed by atoms with Crippen molar-refractivity contribution in [2.24, 2.45) is 0 Å². The topological polar surface area (TPSA) is 78.9 Å². The zero-order valence-corrected chi connectivity index (χ0v) is 13.7. The van der Waals surface area contributed by atoms with E-state index in [9.17, 15) is 9.18 Å². The lowest BCUT2D eigenvalue weighted by Crippen LogP contribution is -2.22. The SMILES string of the molecule is CC1CC=C(C(=O)NCc2cc(-c3ccc(C#N)cc3F)no2)S1. The van der Waals surface area contributed by atoms with Crippen LogP contribution in [-0.2, 0) is 11.3 Å². The lowest BCUT2D eigenvalue weighted by molar-refractivity contribution is -0.117. The molecule has 1 atom stereocenters. The quantitative estimate of drug-likeness (QED) is 0.921. The molecule has 3 rings (SSSR count). The van der Waals surface area contributed by atoms with Gasteiger partial charge in [0, 0.05) is 16.9 Å². The second-order valence-electron chi connectivity index (χ2n) is 5.40. The average molecular weight is 343 g/mol. The van der Waals surface area contributed by atoms with Gasteiger partial charge in [-0.3, -0.25) is 4.79 Å². The highest BCUT2D eigenvalue weighted by Gasteiger charge is 2.19. The molecule has 1 aromatic heterocycles. The molecule has 7 heteroatoms. The van der Waals surface area contributed by atoms with E-state index in [0.29, 0.717) is 21.6 Å². The molecule has 0 aliphatic carbocycles. The van der Waals surface area contributed by atoms with Crippen molar-refractivity contribution in [3.8, 4) is 17.3 Å². The van der Waals surface area contributed by atoms with E-state index in [1.54, 1.807) is 17.8 Å². The van der Waals surface area contributed by atoms with Crippen molar-refractivity contribution in [1.82, 2.24) is 10.5 Å². The number of nitriles is 1. The minimum Gasteiger partial charge on any atom is -0.359 e. The van der Waals surface area contributed by atoms with Crippen molar-refractivity contribution in [3.63, 3.8) is 0 Å². The summed E-state index contributed by atoms with van der Waals surface area (Å²) in [5.41, 5.74) is 0.811. The van der Waals surface area contributed by atoms with Crippen molar-refractivity contribution in [1.29, 1.82) is 5.26 Å². The molecule has 0 saturated heterocycles. The van der Waals surface area contributed by atoms with E-state index in [4.69, 9.17) is 9.78 Å². The predicted octanol–water partition coefficient (Wildman–Crippen LogP) is 3.38. The van der Waals surface area contributed by atoms with Crippen LogP contribution >= 0.6 is 11.8 Å². The van der Waals surface area contributed by atoms with Gasteiger partial charge in [-0.05, 0) is 24.6 Å². The fourth-order valence-corrected chi connectivity index (χ4v) is 3.30. The van der Waals surface area contributed by atoms with Crippen LogP contribution in [0, 0.1) is 17.1 Å². The summed E-state index contributed by atoms with van der Waals surface area (Å²) in [6, 6.07) is 7.59. The minimum absolute atomic E-state index is 0.146. The molecule has 24 heavy (non-hydrogen) atoms. The largest absolute Gasteiger partial charge is 0.359 e. The van der Waals surface area contributed by atoms with E-state index in [1.807, 2.05) is 12.1 Å². The van der Waals surface area contributed by atoms with Gasteiger partial charge < -0.3 is 9.84 Å². The van der Waals surface area contributed by atoms with Crippen molar-refractivity contribution in [2.75, 3.05) is 0 Å². The number of aromatic nitrogens is 1. The van der Waals surface area contributed by atoms with Crippen molar-refractivity contribution in [2.45, 2.75) is 25.1 Å². The molecular weight excluding hydrogens is 329 g/mol. The number of hydrogen-bond donors (Lipinski definition) is 1. The fraction of sp³-hybridized carbons (Fsp3) is 0.235. The third-order valence-electron chi connectivity index (χ3n) is 3.54. The number of amides is 1. The molecule has 0 saturated carbocycles. The number of halogens is 1. The second-order valence-corrected chi connectivity index (χ2v) is 6.88. The Kier molecular flexibility index (Phi) is 4.67. The Balaban J connectivity index is 1.66. The van der Waals surface area contributed by atoms with Crippen LogP contribution < -0.4 is 5.32 Å². The molecule has 0 radical (unpaired) electrons. The second kappa shape index (κ2) is 6.89. The highest BCUT2D eigenvalue weighted by Crippen LogP contribution is 2.31. The van der Waals surface area contributed by atoms with Crippen molar-refractivity contribution in [3.05, 3.63) is 52.4 Å². The van der Waals surface area contributed by atoms with Gasteiger partial charge in [0.2, 0.25) is 0 Å². The van der Waals surface area contributed by atoms with Gasteiger partial charge in [0.15, 0.2) is 5.76 Å². The molecule has 5 nitrogen and oxygen atoms in total. The van der Waals surface area contributed by atoms with Gasteiger partial charge in [-0.15, -0.1) is 11.8 Å². The van der Waals surface area contributed by atoms with Crippen LogP contribution in [0.15, 0.2) is 39.8 Å². The third kappa shape index (κ3) is 3.49. The number of benzene rings is 1. The highest BCUT2D eigenvalue weighted by molar-refractivity contribution is 8.04. The first-order valence-corrected chi connectivity index (χ1v) is 8.25. The normalized spacial score (nSPS) is 16.5. The van der Waals surface area contributed by atoms with Crippen LogP contribution in [0.3, 0.4) is 0 Å². The maximum absolute atomic E-state index is 14.0. The molecule has 0 fully saturated rings. The standard InChI is InChI=1S/C17H14FN3O2S/c1-10-2-5-16(24-10)17(22)20-9-12-7-15(21-23-12)13-4-3-11(8-19)6-14(13)18/h3-7,10H,2,9H2,1H3,(H,20,22). The van der Waals surface area contributed by atoms with E-state index in [0.717, 1.165) is 12.5 Å². The van der Waals surface area contributed by atoms with Gasteiger partial charge >= 0.3 is 0 Å². The summed E-state index contributed by atoms with van der Waals surface area (Å²) in [4.78, 5) is 12.7. The minimum atomic E-state index is -0.542. The summed E-state index contributed by atoms with van der Waals surface area (Å²) in [5, 5.41) is 15.8. The van der Waals surface area contributed by atoms with E-state index in [-0.39, 0.29) is 23.6 Å². The Morgan fingerprint density at radius 1 is 1.54 bits per heavy atom. The maximum atomic E-state index is 14.0. The van der Waals surface area contributed by atoms with Crippen LogP contribution in [0.25, 0.3) is 11.3 Å². The number of nitrogens with zero attached hydrogens (tertiary/aromatic N) is 2. The van der Waals surface area contributed by atoms with Gasteiger partial charge in [-0.1, -0.05) is 18.2 Å². The van der Waals surface area contributed by atoms with Gasteiger partial charge in [0.05, 0.1) is 23.1 Å². The molecule has 1 N–H and O–H groups in total. The van der Waals surface area contributed by atoms with Crippen LogP contribution in [-0.4, -0.2) is 16.3 Å². The summed E-state index contributed by atoms with van der Waals surface area (Å²) in [6.45, 7) is 2.24. The molecular formula is C17H14FN3O2S. The van der Waals surface area contributed by atoms with Gasteiger partial charge in [-0.25, -0.2) is 4.39 Å². The molecule has 2 aromatic rings. The summed E-state index contributed by atoms with van der Waals surface area (Å²) in [7, 11) is 0. The van der Waals surface area contributed by atoms with E-state index in [1.165, 1.54) is 12.1 Å². The van der Waals surface area contributed by atoms with E-state index < -0.39 is 5.82 Å². The number of thioether (sulfide) groups is 1. The fourth-order valence-electron chi connectivity index (χ4n) is 2.30. The number of carbonyl (C=O) groups excluding carboxylic acids is 1. The lowest BCUT2D eigenvalue weighted by Gasteiger charge is -2.04. The number of allylic oxidation sites excluding steroid dienone is 1. The number of rotatable bonds is 4.